The molecule has 0 saturated heterocycles. The summed E-state index contributed by atoms with van der Waals surface area (Å²) in [4.78, 5) is 22.6. The van der Waals surface area contributed by atoms with Gasteiger partial charge in [0.15, 0.2) is 5.96 Å². The SMILES string of the molecule is CN=C(NCCC(=O)N1CCc2sccc2C1)NCCN(C(C)C)C(C)C.I. The Hall–Kier alpha value is -0.870. The minimum atomic E-state index is 0. The van der Waals surface area contributed by atoms with Gasteiger partial charge in [0.1, 0.15) is 0 Å². The van der Waals surface area contributed by atoms with E-state index in [2.05, 4.69) is 59.7 Å². The molecule has 1 amide bonds. The zero-order chi connectivity index (χ0) is 19.8. The van der Waals surface area contributed by atoms with Crippen molar-refractivity contribution in [3.05, 3.63) is 21.9 Å². The van der Waals surface area contributed by atoms with Gasteiger partial charge in [-0.2, -0.15) is 0 Å². The Bertz CT molecular complexity index is 624. The Balaban J connectivity index is 0.00000392. The molecule has 6 nitrogen and oxygen atoms in total. The third-order valence-corrected chi connectivity index (χ3v) is 6.03. The molecule has 8 heteroatoms. The summed E-state index contributed by atoms with van der Waals surface area (Å²) in [6.07, 6.45) is 1.47. The van der Waals surface area contributed by atoms with E-state index in [0.29, 0.717) is 25.0 Å². The van der Waals surface area contributed by atoms with E-state index in [9.17, 15) is 4.79 Å². The van der Waals surface area contributed by atoms with Crippen molar-refractivity contribution in [2.75, 3.05) is 33.2 Å². The molecule has 1 aliphatic rings. The normalized spacial score (nSPS) is 14.3. The van der Waals surface area contributed by atoms with Gasteiger partial charge >= 0.3 is 0 Å². The third-order valence-electron chi connectivity index (χ3n) is 5.00. The van der Waals surface area contributed by atoms with Crippen LogP contribution in [0.1, 0.15) is 44.6 Å². The average Bonchev–Trinajstić information content (AvgIpc) is 3.10. The van der Waals surface area contributed by atoms with Crippen molar-refractivity contribution in [2.24, 2.45) is 4.99 Å². The highest BCUT2D eigenvalue weighted by Crippen LogP contribution is 2.24. The number of aliphatic imine (C=N–C) groups is 1. The van der Waals surface area contributed by atoms with Crippen molar-refractivity contribution < 1.29 is 4.79 Å². The fourth-order valence-corrected chi connectivity index (χ4v) is 4.43. The van der Waals surface area contributed by atoms with E-state index in [-0.39, 0.29) is 29.9 Å². The Morgan fingerprint density at radius 1 is 1.25 bits per heavy atom. The number of fused-ring (bicyclic) bond motifs is 1. The second-order valence-electron chi connectivity index (χ2n) is 7.54. The van der Waals surface area contributed by atoms with Crippen molar-refractivity contribution >= 4 is 47.2 Å². The van der Waals surface area contributed by atoms with Crippen molar-refractivity contribution in [3.63, 3.8) is 0 Å². The molecule has 1 aromatic rings. The Labute approximate surface area is 191 Å². The minimum absolute atomic E-state index is 0. The lowest BCUT2D eigenvalue weighted by Gasteiger charge is -2.30. The summed E-state index contributed by atoms with van der Waals surface area (Å²) in [5, 5.41) is 8.73. The van der Waals surface area contributed by atoms with Gasteiger partial charge in [-0.05, 0) is 51.1 Å². The molecular formula is C20H36IN5OS. The highest BCUT2D eigenvalue weighted by molar-refractivity contribution is 14.0. The molecule has 0 aromatic carbocycles. The summed E-state index contributed by atoms with van der Waals surface area (Å²) in [5.74, 6) is 0.967. The molecule has 1 aromatic heterocycles. The van der Waals surface area contributed by atoms with Crippen LogP contribution in [0.15, 0.2) is 16.4 Å². The molecule has 0 bridgehead atoms. The van der Waals surface area contributed by atoms with E-state index in [4.69, 9.17) is 0 Å². The van der Waals surface area contributed by atoms with Gasteiger partial charge in [0, 0.05) is 63.2 Å². The average molecular weight is 522 g/mol. The summed E-state index contributed by atoms with van der Waals surface area (Å²) in [6, 6.07) is 3.18. The molecule has 0 radical (unpaired) electrons. The number of carbonyl (C=O) groups is 1. The maximum Gasteiger partial charge on any atom is 0.224 e. The van der Waals surface area contributed by atoms with Crippen molar-refractivity contribution in [1.29, 1.82) is 0 Å². The first-order chi connectivity index (χ1) is 12.9. The molecule has 0 unspecified atom stereocenters. The fourth-order valence-electron chi connectivity index (χ4n) is 3.54. The first kappa shape index (κ1) is 25.2. The van der Waals surface area contributed by atoms with Gasteiger partial charge in [0.25, 0.3) is 0 Å². The molecule has 160 valence electrons. The number of rotatable bonds is 8. The maximum atomic E-state index is 12.5. The van der Waals surface area contributed by atoms with Crippen LogP contribution >= 0.6 is 35.3 Å². The number of hydrogen-bond acceptors (Lipinski definition) is 4. The summed E-state index contributed by atoms with van der Waals surface area (Å²) >= 11 is 1.80. The smallest absolute Gasteiger partial charge is 0.224 e. The molecule has 0 spiro atoms. The van der Waals surface area contributed by atoms with Gasteiger partial charge in [-0.15, -0.1) is 35.3 Å². The predicted octanol–water partition coefficient (Wildman–Crippen LogP) is 2.92. The maximum absolute atomic E-state index is 12.5. The van der Waals surface area contributed by atoms with Crippen LogP contribution in [0, 0.1) is 0 Å². The first-order valence-electron chi connectivity index (χ1n) is 9.95. The second kappa shape index (κ2) is 12.6. The Morgan fingerprint density at radius 3 is 2.57 bits per heavy atom. The number of nitrogens with zero attached hydrogens (tertiary/aromatic N) is 3. The summed E-state index contributed by atoms with van der Waals surface area (Å²) in [5.41, 5.74) is 1.31. The number of halogens is 1. The van der Waals surface area contributed by atoms with Gasteiger partial charge in [0.05, 0.1) is 0 Å². The molecule has 0 aliphatic carbocycles. The quantitative estimate of drug-likeness (QED) is 0.314. The van der Waals surface area contributed by atoms with Crippen LogP contribution in [0.4, 0.5) is 0 Å². The van der Waals surface area contributed by atoms with E-state index in [1.807, 2.05) is 4.90 Å². The standard InChI is InChI=1S/C20H35N5OS.HI/c1-15(2)25(16(3)4)12-10-23-20(21-5)22-9-6-19(26)24-11-7-18-17(14-24)8-13-27-18;/h8,13,15-16H,6-7,9-12,14H2,1-5H3,(H2,21,22,23);1H. The molecule has 0 atom stereocenters. The van der Waals surface area contributed by atoms with Gasteiger partial charge in [0.2, 0.25) is 5.91 Å². The Kier molecular flexibility index (Phi) is 11.4. The van der Waals surface area contributed by atoms with Crippen molar-refractivity contribution in [3.8, 4) is 0 Å². The van der Waals surface area contributed by atoms with E-state index in [0.717, 1.165) is 38.6 Å². The second-order valence-corrected chi connectivity index (χ2v) is 8.54. The van der Waals surface area contributed by atoms with Crippen LogP contribution < -0.4 is 10.6 Å². The number of carbonyl (C=O) groups excluding carboxylic acids is 1. The molecule has 0 saturated carbocycles. The van der Waals surface area contributed by atoms with Crippen molar-refractivity contribution in [2.45, 2.75) is 59.2 Å². The lowest BCUT2D eigenvalue weighted by Crippen LogP contribution is -2.46. The molecule has 2 N–H and O–H groups in total. The molecule has 28 heavy (non-hydrogen) atoms. The van der Waals surface area contributed by atoms with Crippen LogP contribution in [-0.2, 0) is 17.8 Å². The van der Waals surface area contributed by atoms with Gasteiger partial charge < -0.3 is 15.5 Å². The van der Waals surface area contributed by atoms with Crippen LogP contribution in [0.2, 0.25) is 0 Å². The van der Waals surface area contributed by atoms with Crippen LogP contribution in [0.5, 0.6) is 0 Å². The molecular weight excluding hydrogens is 485 g/mol. The number of guanidine groups is 1. The molecule has 1 aliphatic heterocycles. The van der Waals surface area contributed by atoms with E-state index < -0.39 is 0 Å². The number of amides is 1. The molecule has 0 fully saturated rings. The predicted molar refractivity (Wildman–Crippen MR) is 130 cm³/mol. The lowest BCUT2D eigenvalue weighted by molar-refractivity contribution is -0.131. The largest absolute Gasteiger partial charge is 0.356 e. The summed E-state index contributed by atoms with van der Waals surface area (Å²) in [6.45, 7) is 12.9. The van der Waals surface area contributed by atoms with Gasteiger partial charge in [-0.3, -0.25) is 14.7 Å². The minimum Gasteiger partial charge on any atom is -0.356 e. The highest BCUT2D eigenvalue weighted by atomic mass is 127. The topological polar surface area (TPSA) is 60.0 Å². The highest BCUT2D eigenvalue weighted by Gasteiger charge is 2.21. The van der Waals surface area contributed by atoms with E-state index in [1.165, 1.54) is 10.4 Å². The number of thiophene rings is 1. The zero-order valence-electron chi connectivity index (χ0n) is 17.8. The zero-order valence-corrected chi connectivity index (χ0v) is 21.0. The van der Waals surface area contributed by atoms with E-state index >= 15 is 0 Å². The summed E-state index contributed by atoms with van der Waals surface area (Å²) < 4.78 is 0. The third kappa shape index (κ3) is 7.51. The monoisotopic (exact) mass is 521 g/mol. The lowest BCUT2D eigenvalue weighted by atomic mass is 10.1. The van der Waals surface area contributed by atoms with Crippen LogP contribution in [-0.4, -0.2) is 67.0 Å². The first-order valence-corrected chi connectivity index (χ1v) is 10.8. The Morgan fingerprint density at radius 2 is 1.93 bits per heavy atom. The molecule has 2 heterocycles. The molecule has 2 rings (SSSR count). The van der Waals surface area contributed by atoms with E-state index in [1.54, 1.807) is 18.4 Å². The van der Waals surface area contributed by atoms with Crippen molar-refractivity contribution in [1.82, 2.24) is 20.4 Å². The van der Waals surface area contributed by atoms with Gasteiger partial charge in [-0.25, -0.2) is 0 Å². The number of hydrogen-bond donors (Lipinski definition) is 2. The summed E-state index contributed by atoms with van der Waals surface area (Å²) in [7, 11) is 1.77. The van der Waals surface area contributed by atoms with Gasteiger partial charge in [-0.1, -0.05) is 0 Å². The number of nitrogens with one attached hydrogen (secondary N) is 2. The fraction of sp³-hybridized carbons (Fsp3) is 0.700. The van der Waals surface area contributed by atoms with Crippen LogP contribution in [0.25, 0.3) is 0 Å². The van der Waals surface area contributed by atoms with Crippen LogP contribution in [0.3, 0.4) is 0 Å².